The Morgan fingerprint density at radius 2 is 1.06 bits per heavy atom. The van der Waals surface area contributed by atoms with Crippen molar-refractivity contribution >= 4 is 126 Å². The second-order valence-corrected chi connectivity index (χ2v) is 22.8. The molecule has 11 aromatic rings. The normalized spacial score (nSPS) is 13.7. The van der Waals surface area contributed by atoms with Gasteiger partial charge >= 0.3 is 5.97 Å². The first-order valence-electron chi connectivity index (χ1n) is 25.4. The van der Waals surface area contributed by atoms with E-state index < -0.39 is 49.7 Å². The number of esters is 1. The lowest BCUT2D eigenvalue weighted by molar-refractivity contribution is 0.0601. The molecule has 85 heavy (non-hydrogen) atoms. The number of nitrogens with zero attached hydrogens (tertiary/aromatic N) is 14. The van der Waals surface area contributed by atoms with Crippen LogP contribution in [0.4, 0.5) is 29.1 Å². The summed E-state index contributed by atoms with van der Waals surface area (Å²) in [5.74, 6) is -1.22. The largest absolute Gasteiger partial charge is 0.465 e. The number of hydrogen-bond acceptors (Lipinski definition) is 19. The van der Waals surface area contributed by atoms with Crippen molar-refractivity contribution in [2.24, 2.45) is 50.3 Å². The van der Waals surface area contributed by atoms with Crippen molar-refractivity contribution in [3.63, 3.8) is 0 Å². The number of ether oxygens (including phenoxy) is 1. The van der Waals surface area contributed by atoms with Crippen molar-refractivity contribution in [2.75, 3.05) is 57.0 Å². The van der Waals surface area contributed by atoms with Crippen LogP contribution in [-0.4, -0.2) is 137 Å². The number of nitrogens with one attached hydrogen (secondary N) is 4. The Kier molecular flexibility index (Phi) is 17.9. The lowest BCUT2D eigenvalue weighted by Crippen LogP contribution is -2.48. The fraction of sp³-hybridized carbons (Fsp3) is 0.300. The number of fused-ring (bicyclic) bond motifs is 7. The van der Waals surface area contributed by atoms with Gasteiger partial charge in [0, 0.05) is 65.1 Å². The zero-order valence-corrected chi connectivity index (χ0v) is 48.1. The second kappa shape index (κ2) is 24.9. The van der Waals surface area contributed by atoms with E-state index in [1.807, 2.05) is 18.0 Å². The summed E-state index contributed by atoms with van der Waals surface area (Å²) in [5, 5.41) is 14.4. The summed E-state index contributed by atoms with van der Waals surface area (Å²) in [6.45, 7) is 4.16. The predicted molar refractivity (Wildman–Crippen MR) is 309 cm³/mol. The van der Waals surface area contributed by atoms with Gasteiger partial charge < -0.3 is 43.9 Å². The van der Waals surface area contributed by atoms with Crippen LogP contribution in [0.5, 0.6) is 0 Å². The van der Waals surface area contributed by atoms with E-state index >= 15 is 0 Å². The smallest absolute Gasteiger partial charge is 0.340 e. The van der Waals surface area contributed by atoms with Crippen LogP contribution in [0.1, 0.15) is 23.2 Å². The molecule has 13 rings (SSSR count). The third-order valence-corrected chi connectivity index (χ3v) is 15.4. The number of anilines is 2. The van der Waals surface area contributed by atoms with Gasteiger partial charge in [0.15, 0.2) is 23.3 Å². The third-order valence-electron chi connectivity index (χ3n) is 13.9. The minimum absolute atomic E-state index is 0.0103. The average molecular weight is 1240 g/mol. The second-order valence-electron chi connectivity index (χ2n) is 19.6. The molecular formula is C50H54ClF4N21O7S2. The summed E-state index contributed by atoms with van der Waals surface area (Å²) in [7, 11) is 1.12. The molecule has 0 bridgehead atoms. The summed E-state index contributed by atoms with van der Waals surface area (Å²) in [5.41, 5.74) is 8.81. The summed E-state index contributed by atoms with van der Waals surface area (Å²) < 4.78 is 115. The number of carbonyl (C=O) groups excluding carboxylic acids is 1. The molecule has 7 aromatic heterocycles. The molecular weight excluding hydrogens is 1180 g/mol. The molecule has 2 aliphatic rings. The number of aromatic amines is 1. The Morgan fingerprint density at radius 3 is 1.54 bits per heavy atom. The van der Waals surface area contributed by atoms with Gasteiger partial charge in [0.2, 0.25) is 0 Å². The van der Waals surface area contributed by atoms with Gasteiger partial charge in [-0.25, -0.2) is 86.9 Å². The van der Waals surface area contributed by atoms with Crippen molar-refractivity contribution in [1.29, 1.82) is 0 Å². The van der Waals surface area contributed by atoms with Crippen LogP contribution in [0.15, 0.2) is 73.4 Å². The van der Waals surface area contributed by atoms with Gasteiger partial charge in [-0.2, -0.15) is 16.8 Å². The highest BCUT2D eigenvalue weighted by Crippen LogP contribution is 2.34. The van der Waals surface area contributed by atoms with Gasteiger partial charge in [-0.15, -0.1) is 0 Å². The summed E-state index contributed by atoms with van der Waals surface area (Å²) in [6, 6.07) is 6.65. The Morgan fingerprint density at radius 1 is 0.624 bits per heavy atom. The van der Waals surface area contributed by atoms with Crippen molar-refractivity contribution < 1.29 is 43.9 Å². The number of nitrogen functional groups attached to an aromatic ring is 1. The molecule has 4 aromatic carbocycles. The fourth-order valence-corrected chi connectivity index (χ4v) is 10.2. The maximum Gasteiger partial charge on any atom is 0.340 e. The van der Waals surface area contributed by atoms with Crippen LogP contribution in [0.25, 0.3) is 76.8 Å². The topological polar surface area (TPSA) is 381 Å². The van der Waals surface area contributed by atoms with E-state index in [1.165, 1.54) is 44.8 Å². The number of hydrogen-bond donors (Lipinski definition) is 7. The first-order chi connectivity index (χ1) is 40.3. The number of imidazole rings is 4. The molecule has 28 nitrogen and oxygen atoms in total. The minimum atomic E-state index is -3.66. The molecule has 35 heteroatoms. The number of carbonyl (C=O) groups is 1. The maximum absolute atomic E-state index is 14.7. The fourth-order valence-electron chi connectivity index (χ4n) is 9.23. The Bertz CT molecular complexity index is 4650. The Hall–Kier alpha value is -8.64. The van der Waals surface area contributed by atoms with E-state index in [9.17, 15) is 44.0 Å². The Labute approximate surface area is 484 Å². The monoisotopic (exact) mass is 1240 g/mol. The van der Waals surface area contributed by atoms with Crippen LogP contribution in [-0.2, 0) is 53.3 Å². The molecule has 2 saturated heterocycles. The zero-order valence-electron chi connectivity index (χ0n) is 45.7. The molecule has 448 valence electrons. The number of benzene rings is 4. The van der Waals surface area contributed by atoms with Crippen LogP contribution < -0.4 is 41.2 Å². The molecule has 2 aliphatic heterocycles. The summed E-state index contributed by atoms with van der Waals surface area (Å²) in [6.07, 6.45) is 11.4. The number of H-pyrrole nitrogens is 1. The number of halogens is 5. The highest BCUT2D eigenvalue weighted by Gasteiger charge is 2.30. The van der Waals surface area contributed by atoms with Crippen molar-refractivity contribution in [3.05, 3.63) is 113 Å². The molecule has 0 spiro atoms. The lowest BCUT2D eigenvalue weighted by atomic mass is 9.96. The molecule has 9 heterocycles. The molecule has 10 N–H and O–H groups in total. The average Bonchev–Trinajstić information content (AvgIpc) is 2.81. The number of methoxy groups -OCH3 is 1. The van der Waals surface area contributed by atoms with Crippen LogP contribution in [0, 0.1) is 35.1 Å². The summed E-state index contributed by atoms with van der Waals surface area (Å²) in [4.78, 5) is 63.1. The Balaban J connectivity index is 0.000000131. The first-order valence-corrected chi connectivity index (χ1v) is 28.9. The quantitative estimate of drug-likeness (QED) is 0.0448. The molecule has 0 amide bonds. The van der Waals surface area contributed by atoms with Crippen LogP contribution >= 0.6 is 11.6 Å². The van der Waals surface area contributed by atoms with E-state index in [2.05, 4.69) is 69.3 Å². The third kappa shape index (κ3) is 13.2. The van der Waals surface area contributed by atoms with Gasteiger partial charge in [-0.3, -0.25) is 4.79 Å². The van der Waals surface area contributed by atoms with Crippen molar-refractivity contribution in [1.82, 2.24) is 82.9 Å². The van der Waals surface area contributed by atoms with Crippen molar-refractivity contribution in [3.8, 4) is 0 Å². The van der Waals surface area contributed by atoms with Crippen molar-refractivity contribution in [2.45, 2.75) is 12.8 Å². The highest BCUT2D eigenvalue weighted by atomic mass is 35.5. The lowest BCUT2D eigenvalue weighted by Gasteiger charge is -2.40. The van der Waals surface area contributed by atoms with Crippen LogP contribution in [0.2, 0.25) is 5.15 Å². The van der Waals surface area contributed by atoms with E-state index in [0.717, 1.165) is 19.5 Å². The molecule has 0 unspecified atom stereocenters. The van der Waals surface area contributed by atoms with E-state index in [4.69, 9.17) is 27.6 Å². The van der Waals surface area contributed by atoms with Gasteiger partial charge in [0.1, 0.15) is 62.2 Å². The molecule has 2 fully saturated rings. The first kappa shape index (κ1) is 60.9. The number of aromatic nitrogens is 14. The minimum Gasteiger partial charge on any atom is -0.465 e. The van der Waals surface area contributed by atoms with E-state index in [1.54, 1.807) is 64.2 Å². The standard InChI is InChI=1S/C15H18FN7O2S.C10H6ClFN4.C10H7FN4O.C10H10FN3O2.C5H13N3O2S/c1-22-8-20-14-11(22)4-10-13(12(14)16)18-7-19-15(10)23-5-9(6-23)2-3-21-26(17,24)25;1-16-4-15-9-6(16)2-5-8(7(9)12)13-3-14-10(5)11;1-15-4-14-9-6(15)2-5-8(7(9)11)12-3-13-10(5)16;1-14-4-13-9-6(14)3-5(10(15)16-2)8(12)7(9)11;6-11(9,10)8-2-1-5-3-7-4-5/h4,7-9,21H,2-3,5-6H2,1H3,(H2,17,24,25);2-4H,1H3;2-4H,1H3,(H,12,13,16);3-4H,12H2,1-2H3;5,7-8H,1-4H2,(H2,6,9,10). The summed E-state index contributed by atoms with van der Waals surface area (Å²) >= 11 is 5.90. The number of nitrogens with two attached hydrogens (primary N) is 3. The molecule has 0 aliphatic carbocycles. The zero-order chi connectivity index (χ0) is 61.2. The van der Waals surface area contributed by atoms with Gasteiger partial charge in [-0.05, 0) is 62.0 Å². The van der Waals surface area contributed by atoms with E-state index in [0.29, 0.717) is 94.1 Å². The van der Waals surface area contributed by atoms with E-state index in [-0.39, 0.29) is 54.9 Å². The molecule has 0 atom stereocenters. The number of rotatable bonds is 10. The molecule has 0 radical (unpaired) electrons. The van der Waals surface area contributed by atoms with Crippen LogP contribution in [0.3, 0.4) is 0 Å². The van der Waals surface area contributed by atoms with Gasteiger partial charge in [0.05, 0.1) is 77.5 Å². The number of aryl methyl sites for hydroxylation is 4. The molecule has 0 saturated carbocycles. The van der Waals surface area contributed by atoms with Gasteiger partial charge in [0.25, 0.3) is 26.0 Å². The van der Waals surface area contributed by atoms with Gasteiger partial charge in [-0.1, -0.05) is 11.6 Å². The SMILES string of the molecule is COC(=O)c1cc2c(ncn2C)c(F)c1N.Cn1cnc2c(F)c3nc[nH]c(=O)c3cc21.Cn1cnc2c(F)c3ncnc(Cl)c3cc21.Cn1cnc2c(F)c3ncnc(N4CC(CCNS(N)(=O)=O)C4)c3cc21.NS(=O)(=O)NCCC1CNC1. The predicted octanol–water partition coefficient (Wildman–Crippen LogP) is 3.00. The maximum atomic E-state index is 14.7. The highest BCUT2D eigenvalue weighted by molar-refractivity contribution is 7.87.